The van der Waals surface area contributed by atoms with E-state index in [-0.39, 0.29) is 12.5 Å². The number of ether oxygens (including phenoxy) is 2. The van der Waals surface area contributed by atoms with E-state index in [9.17, 15) is 19.8 Å². The maximum absolute atomic E-state index is 12.0. The largest absolute Gasteiger partial charge is 0.489 e. The molecule has 0 saturated carbocycles. The molecule has 3 aromatic carbocycles. The molecule has 8 heteroatoms. The summed E-state index contributed by atoms with van der Waals surface area (Å²) in [5.74, 6) is -1.03. The molecule has 2 saturated heterocycles. The van der Waals surface area contributed by atoms with E-state index in [1.165, 1.54) is 12.8 Å². The quantitative estimate of drug-likeness (QED) is 0.342. The number of aliphatic hydroxyl groups excluding tert-OH is 2. The van der Waals surface area contributed by atoms with E-state index in [4.69, 9.17) is 14.6 Å². The fraction of sp³-hybridized carbons (Fsp3) is 0.375. The molecule has 0 aromatic heterocycles. The van der Waals surface area contributed by atoms with Crippen LogP contribution in [0.25, 0.3) is 0 Å². The molecule has 0 radical (unpaired) electrons. The number of fused-ring (bicyclic) bond motifs is 2. The summed E-state index contributed by atoms with van der Waals surface area (Å²) < 4.78 is 11.1. The second-order valence-corrected chi connectivity index (χ2v) is 10.4. The van der Waals surface area contributed by atoms with Gasteiger partial charge in [-0.1, -0.05) is 72.8 Å². The Labute approximate surface area is 234 Å². The van der Waals surface area contributed by atoms with Crippen LogP contribution in [0.4, 0.5) is 0 Å². The van der Waals surface area contributed by atoms with Crippen LogP contribution >= 0.6 is 0 Å². The van der Waals surface area contributed by atoms with Crippen LogP contribution < -0.4 is 4.74 Å². The number of hydrogen-bond acceptors (Lipinski definition) is 7. The van der Waals surface area contributed by atoms with Crippen LogP contribution in [0.1, 0.15) is 48.5 Å². The number of carboxylic acid groups (broad SMARTS) is 1. The summed E-state index contributed by atoms with van der Waals surface area (Å²) in [6, 6.07) is 26.9. The number of carbonyl (C=O) groups excluding carboxylic acids is 1. The molecule has 2 heterocycles. The van der Waals surface area contributed by atoms with Gasteiger partial charge in [-0.05, 0) is 61.6 Å². The van der Waals surface area contributed by atoms with Gasteiger partial charge in [-0.2, -0.15) is 0 Å². The summed E-state index contributed by atoms with van der Waals surface area (Å²) in [5.41, 5.74) is 2.43. The molecule has 0 aliphatic carbocycles. The van der Waals surface area contributed by atoms with Gasteiger partial charge >= 0.3 is 11.9 Å². The summed E-state index contributed by atoms with van der Waals surface area (Å²) in [6.07, 6.45) is 1.66. The van der Waals surface area contributed by atoms with Crippen LogP contribution in [0.15, 0.2) is 84.9 Å². The molecule has 40 heavy (non-hydrogen) atoms. The van der Waals surface area contributed by atoms with Crippen molar-refractivity contribution in [2.45, 2.75) is 69.1 Å². The highest BCUT2D eigenvalue weighted by Crippen LogP contribution is 2.36. The Morgan fingerprint density at radius 3 is 2.00 bits per heavy atom. The summed E-state index contributed by atoms with van der Waals surface area (Å²) >= 11 is 0. The van der Waals surface area contributed by atoms with Gasteiger partial charge in [-0.15, -0.1) is 0 Å². The first-order valence-electron chi connectivity index (χ1n) is 13.6. The third kappa shape index (κ3) is 8.14. The smallest absolute Gasteiger partial charge is 0.339 e. The van der Waals surface area contributed by atoms with E-state index in [1.54, 1.807) is 36.4 Å². The molecule has 212 valence electrons. The van der Waals surface area contributed by atoms with E-state index in [0.29, 0.717) is 30.0 Å². The van der Waals surface area contributed by atoms with Crippen molar-refractivity contribution < 1.29 is 34.4 Å². The predicted octanol–water partition coefficient (Wildman–Crippen LogP) is 4.14. The standard InChI is InChI=1S/C16H21NO3.C16H16O4/c1-17-12-7-8-13(17)10-14(9-12)20-16(19)15(18)11-5-3-2-4-6-11;17-15(16(18)19)10-12-6-8-14(9-7-12)20-11-13-4-2-1-3-5-13/h2-6,12-15,18H,7-10H2,1H3;1-9,15,17H,10-11H2,(H,18,19)/t12-,13+,14+,15?;. The average Bonchev–Trinajstić information content (AvgIpc) is 3.17. The van der Waals surface area contributed by atoms with Crippen LogP contribution in [-0.4, -0.2) is 63.5 Å². The number of aliphatic hydroxyl groups is 2. The Morgan fingerprint density at radius 2 is 1.43 bits per heavy atom. The fourth-order valence-electron chi connectivity index (χ4n) is 5.23. The number of rotatable bonds is 9. The van der Waals surface area contributed by atoms with Gasteiger partial charge in [0.15, 0.2) is 12.2 Å². The number of aliphatic carboxylic acids is 1. The van der Waals surface area contributed by atoms with Crippen molar-refractivity contribution in [3.63, 3.8) is 0 Å². The number of benzene rings is 3. The van der Waals surface area contributed by atoms with Gasteiger partial charge < -0.3 is 29.7 Å². The highest BCUT2D eigenvalue weighted by molar-refractivity contribution is 5.76. The molecule has 5 rings (SSSR count). The zero-order valence-corrected chi connectivity index (χ0v) is 22.6. The lowest BCUT2D eigenvalue weighted by atomic mass is 10.0. The molecular formula is C32H37NO7. The molecule has 0 amide bonds. The molecule has 2 aliphatic heterocycles. The summed E-state index contributed by atoms with van der Waals surface area (Å²) in [6.45, 7) is 0.484. The zero-order valence-electron chi connectivity index (χ0n) is 22.6. The maximum atomic E-state index is 12.0. The Balaban J connectivity index is 0.000000185. The van der Waals surface area contributed by atoms with Crippen molar-refractivity contribution in [1.29, 1.82) is 0 Å². The Hall–Kier alpha value is -3.72. The molecule has 5 atom stereocenters. The highest BCUT2D eigenvalue weighted by atomic mass is 16.6. The van der Waals surface area contributed by atoms with Crippen LogP contribution in [0.5, 0.6) is 5.75 Å². The Bertz CT molecular complexity index is 1210. The number of hydrogen-bond donors (Lipinski definition) is 3. The van der Waals surface area contributed by atoms with E-state index in [2.05, 4.69) is 11.9 Å². The minimum absolute atomic E-state index is 0.0467. The molecule has 2 unspecified atom stereocenters. The molecule has 3 aromatic rings. The minimum Gasteiger partial charge on any atom is -0.489 e. The molecule has 0 spiro atoms. The monoisotopic (exact) mass is 547 g/mol. The maximum Gasteiger partial charge on any atom is 0.339 e. The minimum atomic E-state index is -1.37. The number of nitrogens with zero attached hydrogens (tertiary/aromatic N) is 1. The van der Waals surface area contributed by atoms with Gasteiger partial charge in [0.05, 0.1) is 0 Å². The van der Waals surface area contributed by atoms with Gasteiger partial charge in [-0.25, -0.2) is 9.59 Å². The van der Waals surface area contributed by atoms with Crippen LogP contribution in [0.2, 0.25) is 0 Å². The van der Waals surface area contributed by atoms with Crippen LogP contribution in [0, 0.1) is 0 Å². The summed E-state index contributed by atoms with van der Waals surface area (Å²) in [7, 11) is 2.15. The zero-order chi connectivity index (χ0) is 28.5. The lowest BCUT2D eigenvalue weighted by Crippen LogP contribution is -2.43. The Kier molecular flexibility index (Phi) is 10.3. The van der Waals surface area contributed by atoms with E-state index >= 15 is 0 Å². The van der Waals surface area contributed by atoms with Crippen molar-refractivity contribution in [1.82, 2.24) is 4.90 Å². The Morgan fingerprint density at radius 1 is 0.850 bits per heavy atom. The van der Waals surface area contributed by atoms with Crippen molar-refractivity contribution in [3.05, 3.63) is 102 Å². The summed E-state index contributed by atoms with van der Waals surface area (Å²) in [4.78, 5) is 25.0. The van der Waals surface area contributed by atoms with Crippen molar-refractivity contribution in [2.75, 3.05) is 7.05 Å². The highest BCUT2D eigenvalue weighted by Gasteiger charge is 2.40. The number of esters is 1. The van der Waals surface area contributed by atoms with Gasteiger partial charge in [0.25, 0.3) is 0 Å². The van der Waals surface area contributed by atoms with Gasteiger partial charge in [-0.3, -0.25) is 0 Å². The molecule has 2 fully saturated rings. The second kappa shape index (κ2) is 14.1. The van der Waals surface area contributed by atoms with Gasteiger partial charge in [0.2, 0.25) is 0 Å². The van der Waals surface area contributed by atoms with Gasteiger partial charge in [0, 0.05) is 18.5 Å². The van der Waals surface area contributed by atoms with E-state index < -0.39 is 24.1 Å². The number of carboxylic acids is 1. The molecule has 3 N–H and O–H groups in total. The molecule has 8 nitrogen and oxygen atoms in total. The molecule has 2 aliphatic rings. The second-order valence-electron chi connectivity index (χ2n) is 10.4. The first-order chi connectivity index (χ1) is 19.3. The first-order valence-corrected chi connectivity index (χ1v) is 13.6. The average molecular weight is 548 g/mol. The molecular weight excluding hydrogens is 510 g/mol. The fourth-order valence-corrected chi connectivity index (χ4v) is 5.23. The van der Waals surface area contributed by atoms with Crippen LogP contribution in [0.3, 0.4) is 0 Å². The van der Waals surface area contributed by atoms with E-state index in [1.807, 2.05) is 48.5 Å². The lowest BCUT2D eigenvalue weighted by molar-refractivity contribution is -0.162. The van der Waals surface area contributed by atoms with Crippen molar-refractivity contribution in [3.8, 4) is 5.75 Å². The number of piperidine rings is 1. The third-order valence-electron chi connectivity index (χ3n) is 7.56. The van der Waals surface area contributed by atoms with E-state index in [0.717, 1.165) is 24.0 Å². The molecule has 2 bridgehead atoms. The summed E-state index contributed by atoms with van der Waals surface area (Å²) in [5, 5.41) is 27.9. The van der Waals surface area contributed by atoms with Crippen molar-refractivity contribution >= 4 is 11.9 Å². The predicted molar refractivity (Wildman–Crippen MR) is 150 cm³/mol. The lowest BCUT2D eigenvalue weighted by Gasteiger charge is -2.36. The first kappa shape index (κ1) is 29.3. The third-order valence-corrected chi connectivity index (χ3v) is 7.56. The van der Waals surface area contributed by atoms with Gasteiger partial charge in [0.1, 0.15) is 18.5 Å². The number of carbonyl (C=O) groups is 2. The normalized spacial score (nSPS) is 21.4. The SMILES string of the molecule is CN1[C@@H]2CC[C@H]1C[C@@H](OC(=O)C(O)c1ccccc1)C2.O=C(O)C(O)Cc1ccc(OCc2ccccc2)cc1. The van der Waals surface area contributed by atoms with Crippen LogP contribution in [-0.2, 0) is 27.4 Å². The van der Waals surface area contributed by atoms with Crippen molar-refractivity contribution in [2.24, 2.45) is 0 Å². The topological polar surface area (TPSA) is 117 Å².